The van der Waals surface area contributed by atoms with Crippen molar-refractivity contribution in [3.8, 4) is 5.88 Å². The first kappa shape index (κ1) is 15.1. The van der Waals surface area contributed by atoms with E-state index < -0.39 is 25.0 Å². The molecule has 0 aliphatic heterocycles. The Kier molecular flexibility index (Phi) is 4.47. The van der Waals surface area contributed by atoms with E-state index >= 15 is 0 Å². The van der Waals surface area contributed by atoms with Gasteiger partial charge < -0.3 is 0 Å². The molecule has 0 aromatic carbocycles. The molecule has 0 fully saturated rings. The van der Waals surface area contributed by atoms with Crippen LogP contribution in [0.25, 0.3) is 0 Å². The Hall–Kier alpha value is -0.977. The van der Waals surface area contributed by atoms with Crippen LogP contribution in [0.1, 0.15) is 20.8 Å². The average molecular weight is 315 g/mol. The normalized spacial score (nSPS) is 12.3. The standard InChI is InChI=1S/C12H22GeN2O3/c1-12(2,3)18-11(16)15-8-7-10(14-15)17-9-13(4,5)6/h7-8H,9H2,1-6H3. The van der Waals surface area contributed by atoms with Gasteiger partial charge in [0, 0.05) is 0 Å². The SMILES string of the molecule is CC(C)(C)OC(=O)n1ccc(O[CH2][Ge]([CH3])([CH3])[CH3])n1. The summed E-state index contributed by atoms with van der Waals surface area (Å²) in [5.74, 6) is 7.24. The van der Waals surface area contributed by atoms with Crippen LogP contribution in [0.15, 0.2) is 12.3 Å². The van der Waals surface area contributed by atoms with E-state index in [1.54, 1.807) is 12.3 Å². The van der Waals surface area contributed by atoms with Gasteiger partial charge in [-0.1, -0.05) is 0 Å². The van der Waals surface area contributed by atoms with Crippen LogP contribution < -0.4 is 4.74 Å². The Bertz CT molecular complexity index is 416. The second kappa shape index (κ2) is 5.34. The molecule has 0 atom stereocenters. The quantitative estimate of drug-likeness (QED) is 0.805. The van der Waals surface area contributed by atoms with E-state index in [2.05, 4.69) is 22.4 Å². The van der Waals surface area contributed by atoms with Gasteiger partial charge in [0.25, 0.3) is 0 Å². The van der Waals surface area contributed by atoms with Gasteiger partial charge in [0.1, 0.15) is 0 Å². The Labute approximate surface area is 111 Å². The monoisotopic (exact) mass is 316 g/mol. The van der Waals surface area contributed by atoms with Crippen molar-refractivity contribution in [1.82, 2.24) is 9.78 Å². The molecule has 1 aromatic rings. The average Bonchev–Trinajstić information content (AvgIpc) is 2.58. The van der Waals surface area contributed by atoms with Gasteiger partial charge in [-0.3, -0.25) is 0 Å². The summed E-state index contributed by atoms with van der Waals surface area (Å²) in [6.45, 7) is 5.46. The van der Waals surface area contributed by atoms with Gasteiger partial charge in [-0.2, -0.15) is 0 Å². The minimum atomic E-state index is -1.75. The van der Waals surface area contributed by atoms with Gasteiger partial charge in [0.05, 0.1) is 0 Å². The molecular formula is C12H22GeN2O3. The molecule has 0 bridgehead atoms. The van der Waals surface area contributed by atoms with Gasteiger partial charge in [-0.25, -0.2) is 0 Å². The molecule has 0 amide bonds. The van der Waals surface area contributed by atoms with Crippen molar-refractivity contribution in [3.63, 3.8) is 0 Å². The zero-order valence-corrected chi connectivity index (χ0v) is 14.1. The molecule has 0 aliphatic rings. The van der Waals surface area contributed by atoms with Crippen LogP contribution in [-0.2, 0) is 4.74 Å². The number of hydrogen-bond donors (Lipinski definition) is 0. The fourth-order valence-electron chi connectivity index (χ4n) is 1.09. The van der Waals surface area contributed by atoms with E-state index in [1.165, 1.54) is 0 Å². The fraction of sp³-hybridized carbons (Fsp3) is 0.667. The van der Waals surface area contributed by atoms with E-state index in [1.807, 2.05) is 20.8 Å². The van der Waals surface area contributed by atoms with Crippen LogP contribution in [0.2, 0.25) is 17.3 Å². The number of ether oxygens (including phenoxy) is 2. The number of carbonyl (C=O) groups excluding carboxylic acids is 1. The first-order chi connectivity index (χ1) is 8.07. The summed E-state index contributed by atoms with van der Waals surface area (Å²) < 4.78 is 11.9. The molecule has 1 rings (SSSR count). The minimum absolute atomic E-state index is 0.474. The third kappa shape index (κ3) is 5.57. The van der Waals surface area contributed by atoms with Gasteiger partial charge in [-0.05, 0) is 0 Å². The van der Waals surface area contributed by atoms with E-state index in [9.17, 15) is 4.79 Å². The van der Waals surface area contributed by atoms with E-state index in [0.29, 0.717) is 5.88 Å². The molecule has 0 N–H and O–H groups in total. The molecule has 1 heterocycles. The van der Waals surface area contributed by atoms with Gasteiger partial charge in [0.15, 0.2) is 0 Å². The third-order valence-corrected chi connectivity index (χ3v) is 3.92. The fourth-order valence-corrected chi connectivity index (χ4v) is 2.30. The van der Waals surface area contributed by atoms with Crippen molar-refractivity contribution in [3.05, 3.63) is 12.3 Å². The van der Waals surface area contributed by atoms with Crippen LogP contribution >= 0.6 is 0 Å². The maximum absolute atomic E-state index is 11.7. The van der Waals surface area contributed by atoms with Crippen molar-refractivity contribution >= 4 is 19.4 Å². The van der Waals surface area contributed by atoms with Gasteiger partial charge in [0.2, 0.25) is 0 Å². The van der Waals surface area contributed by atoms with Gasteiger partial charge in [-0.15, -0.1) is 0 Å². The second-order valence-corrected chi connectivity index (χ2v) is 17.8. The molecule has 0 saturated carbocycles. The summed E-state index contributed by atoms with van der Waals surface area (Å²) in [5.41, 5.74) is 0.204. The second-order valence-electron chi connectivity index (χ2n) is 6.43. The van der Waals surface area contributed by atoms with Crippen LogP contribution in [0.4, 0.5) is 4.79 Å². The first-order valence-electron chi connectivity index (χ1n) is 5.99. The number of aromatic nitrogens is 2. The predicted molar refractivity (Wildman–Crippen MR) is 72.7 cm³/mol. The summed E-state index contributed by atoms with van der Waals surface area (Å²) in [6.07, 6.45) is 1.06. The zero-order chi connectivity index (χ0) is 14.0. The summed E-state index contributed by atoms with van der Waals surface area (Å²) in [5, 5.41) is 4.05. The molecule has 0 aliphatic carbocycles. The van der Waals surface area contributed by atoms with Crippen molar-refractivity contribution < 1.29 is 14.3 Å². The van der Waals surface area contributed by atoms with Gasteiger partial charge >= 0.3 is 111 Å². The number of hydrogen-bond acceptors (Lipinski definition) is 4. The molecule has 0 radical (unpaired) electrons. The van der Waals surface area contributed by atoms with Crippen molar-refractivity contribution in [2.24, 2.45) is 0 Å². The van der Waals surface area contributed by atoms with E-state index in [4.69, 9.17) is 9.47 Å². The Balaban J connectivity index is 2.61. The predicted octanol–water partition coefficient (Wildman–Crippen LogP) is 2.92. The van der Waals surface area contributed by atoms with Crippen LogP contribution in [0.5, 0.6) is 5.88 Å². The first-order valence-corrected chi connectivity index (χ1v) is 13.8. The van der Waals surface area contributed by atoms with Crippen molar-refractivity contribution in [2.45, 2.75) is 43.6 Å². The molecule has 18 heavy (non-hydrogen) atoms. The molecule has 0 unspecified atom stereocenters. The summed E-state index contributed by atoms with van der Waals surface area (Å²) in [6, 6.07) is 1.68. The Morgan fingerprint density at radius 1 is 1.39 bits per heavy atom. The Morgan fingerprint density at radius 2 is 2.00 bits per heavy atom. The summed E-state index contributed by atoms with van der Waals surface area (Å²) >= 11 is -1.75. The number of rotatable bonds is 3. The topological polar surface area (TPSA) is 53.4 Å². The molecule has 1 aromatic heterocycles. The van der Waals surface area contributed by atoms with E-state index in [0.717, 1.165) is 10.1 Å². The van der Waals surface area contributed by atoms with Crippen LogP contribution in [-0.4, -0.2) is 40.2 Å². The molecular weight excluding hydrogens is 293 g/mol. The summed E-state index contributed by atoms with van der Waals surface area (Å²) in [4.78, 5) is 11.7. The maximum atomic E-state index is 11.7. The third-order valence-electron chi connectivity index (χ3n) is 1.80. The Morgan fingerprint density at radius 3 is 2.50 bits per heavy atom. The molecule has 0 spiro atoms. The zero-order valence-electron chi connectivity index (χ0n) is 12.0. The van der Waals surface area contributed by atoms with Crippen LogP contribution in [0.3, 0.4) is 0 Å². The van der Waals surface area contributed by atoms with Crippen molar-refractivity contribution in [1.29, 1.82) is 0 Å². The van der Waals surface area contributed by atoms with E-state index in [-0.39, 0.29) is 0 Å². The van der Waals surface area contributed by atoms with Crippen LogP contribution in [0, 0.1) is 0 Å². The summed E-state index contributed by atoms with van der Waals surface area (Å²) in [7, 11) is 0. The molecule has 5 nitrogen and oxygen atoms in total. The van der Waals surface area contributed by atoms with Crippen molar-refractivity contribution in [2.75, 3.05) is 5.44 Å². The molecule has 6 heteroatoms. The number of nitrogens with zero attached hydrogens (tertiary/aromatic N) is 2. The molecule has 102 valence electrons. The molecule has 0 saturated heterocycles. The number of carbonyl (C=O) groups is 1.